The van der Waals surface area contributed by atoms with Gasteiger partial charge in [-0.25, -0.2) is 4.98 Å². The highest BCUT2D eigenvalue weighted by Gasteiger charge is 2.19. The number of hydrogen-bond donors (Lipinski definition) is 2. The van der Waals surface area contributed by atoms with Crippen molar-refractivity contribution in [3.63, 3.8) is 0 Å². The molecule has 0 unspecified atom stereocenters. The van der Waals surface area contributed by atoms with Crippen molar-refractivity contribution in [1.82, 2.24) is 9.97 Å². The molecule has 0 aliphatic rings. The zero-order valence-corrected chi connectivity index (χ0v) is 13.1. The fourth-order valence-corrected chi connectivity index (χ4v) is 1.63. The number of nitrogens with two attached hydrogens (primary N) is 1. The molecule has 6 nitrogen and oxygen atoms in total. The second kappa shape index (κ2) is 7.28. The third kappa shape index (κ3) is 5.21. The van der Waals surface area contributed by atoms with Gasteiger partial charge in [0.1, 0.15) is 12.0 Å². The van der Waals surface area contributed by atoms with Crippen LogP contribution in [0, 0.1) is 5.41 Å². The standard InChI is InChI=1S/C14H26N4O2/c1-10(2)20-13-11(15)12(17-9-18-13)16-8-14(3,4)6-7-19-5/h9-10H,6-8,15H2,1-5H3,(H,16,17,18). The Morgan fingerprint density at radius 3 is 2.65 bits per heavy atom. The Hall–Kier alpha value is -1.56. The molecule has 3 N–H and O–H groups in total. The summed E-state index contributed by atoms with van der Waals surface area (Å²) in [6, 6.07) is 0. The van der Waals surface area contributed by atoms with Crippen molar-refractivity contribution in [3.05, 3.63) is 6.33 Å². The summed E-state index contributed by atoms with van der Waals surface area (Å²) >= 11 is 0. The van der Waals surface area contributed by atoms with Gasteiger partial charge >= 0.3 is 0 Å². The second-order valence-corrected chi connectivity index (χ2v) is 5.87. The summed E-state index contributed by atoms with van der Waals surface area (Å²) in [5, 5.41) is 3.26. The second-order valence-electron chi connectivity index (χ2n) is 5.87. The Bertz CT molecular complexity index is 422. The van der Waals surface area contributed by atoms with Gasteiger partial charge in [0.2, 0.25) is 5.88 Å². The predicted molar refractivity (Wildman–Crippen MR) is 81.0 cm³/mol. The van der Waals surface area contributed by atoms with Gasteiger partial charge in [-0.15, -0.1) is 0 Å². The molecule has 6 heteroatoms. The molecule has 1 heterocycles. The molecule has 0 radical (unpaired) electrons. The average Bonchev–Trinajstić information content (AvgIpc) is 2.37. The number of hydrogen-bond acceptors (Lipinski definition) is 6. The van der Waals surface area contributed by atoms with E-state index in [1.54, 1.807) is 7.11 Å². The van der Waals surface area contributed by atoms with E-state index >= 15 is 0 Å². The lowest BCUT2D eigenvalue weighted by Crippen LogP contribution is -2.25. The van der Waals surface area contributed by atoms with Crippen LogP contribution in [-0.2, 0) is 4.74 Å². The third-order valence-electron chi connectivity index (χ3n) is 2.91. The van der Waals surface area contributed by atoms with Crippen LogP contribution in [0.25, 0.3) is 0 Å². The quantitative estimate of drug-likeness (QED) is 0.761. The van der Waals surface area contributed by atoms with Gasteiger partial charge in [-0.2, -0.15) is 4.98 Å². The van der Waals surface area contributed by atoms with Crippen molar-refractivity contribution < 1.29 is 9.47 Å². The summed E-state index contributed by atoms with van der Waals surface area (Å²) in [6.07, 6.45) is 2.44. The van der Waals surface area contributed by atoms with Gasteiger partial charge in [0, 0.05) is 20.3 Å². The number of anilines is 2. The Morgan fingerprint density at radius 1 is 1.35 bits per heavy atom. The minimum atomic E-state index is 0.0261. The molecular weight excluding hydrogens is 256 g/mol. The minimum absolute atomic E-state index is 0.0261. The molecule has 20 heavy (non-hydrogen) atoms. The molecule has 0 atom stereocenters. The van der Waals surface area contributed by atoms with E-state index in [9.17, 15) is 0 Å². The highest BCUT2D eigenvalue weighted by molar-refractivity contribution is 5.66. The summed E-state index contributed by atoms with van der Waals surface area (Å²) in [5.74, 6) is 1.04. The lowest BCUT2D eigenvalue weighted by Gasteiger charge is -2.25. The van der Waals surface area contributed by atoms with Crippen molar-refractivity contribution in [2.45, 2.75) is 40.2 Å². The first-order valence-electron chi connectivity index (χ1n) is 6.85. The normalized spacial score (nSPS) is 11.7. The maximum atomic E-state index is 6.02. The SMILES string of the molecule is COCCC(C)(C)CNc1ncnc(OC(C)C)c1N. The summed E-state index contributed by atoms with van der Waals surface area (Å²) in [7, 11) is 1.71. The molecule has 0 saturated heterocycles. The van der Waals surface area contributed by atoms with Crippen LogP contribution < -0.4 is 15.8 Å². The maximum absolute atomic E-state index is 6.02. The van der Waals surface area contributed by atoms with Crippen LogP contribution in [0.15, 0.2) is 6.33 Å². The van der Waals surface area contributed by atoms with Crippen LogP contribution >= 0.6 is 0 Å². The molecular formula is C14H26N4O2. The zero-order chi connectivity index (χ0) is 15.2. The van der Waals surface area contributed by atoms with Crippen LogP contribution in [0.2, 0.25) is 0 Å². The monoisotopic (exact) mass is 282 g/mol. The number of rotatable bonds is 8. The van der Waals surface area contributed by atoms with Gasteiger partial charge in [0.05, 0.1) is 6.10 Å². The van der Waals surface area contributed by atoms with E-state index in [1.807, 2.05) is 13.8 Å². The molecule has 0 bridgehead atoms. The molecule has 1 rings (SSSR count). The highest BCUT2D eigenvalue weighted by Crippen LogP contribution is 2.27. The third-order valence-corrected chi connectivity index (χ3v) is 2.91. The van der Waals surface area contributed by atoms with E-state index in [1.165, 1.54) is 6.33 Å². The Morgan fingerprint density at radius 2 is 2.05 bits per heavy atom. The van der Waals surface area contributed by atoms with Crippen LogP contribution in [0.3, 0.4) is 0 Å². The molecule has 0 aliphatic heterocycles. The Kier molecular flexibility index (Phi) is 6.01. The van der Waals surface area contributed by atoms with Gasteiger partial charge in [0.15, 0.2) is 5.82 Å². The van der Waals surface area contributed by atoms with Crippen LogP contribution in [0.1, 0.15) is 34.1 Å². The highest BCUT2D eigenvalue weighted by atomic mass is 16.5. The number of ether oxygens (including phenoxy) is 2. The Labute approximate surface area is 121 Å². The van der Waals surface area contributed by atoms with Crippen LogP contribution in [0.4, 0.5) is 11.5 Å². The molecule has 0 amide bonds. The van der Waals surface area contributed by atoms with Crippen molar-refractivity contribution in [1.29, 1.82) is 0 Å². The van der Waals surface area contributed by atoms with Gasteiger partial charge in [-0.3, -0.25) is 0 Å². The number of nitrogens with zero attached hydrogens (tertiary/aromatic N) is 2. The summed E-state index contributed by atoms with van der Waals surface area (Å²) in [4.78, 5) is 8.23. The largest absolute Gasteiger partial charge is 0.473 e. The minimum Gasteiger partial charge on any atom is -0.473 e. The fraction of sp³-hybridized carbons (Fsp3) is 0.714. The molecule has 0 aromatic carbocycles. The topological polar surface area (TPSA) is 82.3 Å². The molecule has 0 fully saturated rings. The van der Waals surface area contributed by atoms with Gasteiger partial charge in [-0.05, 0) is 25.7 Å². The molecule has 0 saturated carbocycles. The first-order chi connectivity index (χ1) is 9.35. The summed E-state index contributed by atoms with van der Waals surface area (Å²) in [5.41, 5.74) is 6.56. The van der Waals surface area contributed by atoms with E-state index in [4.69, 9.17) is 15.2 Å². The molecule has 0 aliphatic carbocycles. The zero-order valence-electron chi connectivity index (χ0n) is 13.1. The molecule has 1 aromatic rings. The summed E-state index contributed by atoms with van der Waals surface area (Å²) in [6.45, 7) is 9.68. The van der Waals surface area contributed by atoms with Gasteiger partial charge < -0.3 is 20.5 Å². The van der Waals surface area contributed by atoms with Crippen molar-refractivity contribution in [2.75, 3.05) is 31.3 Å². The van der Waals surface area contributed by atoms with E-state index < -0.39 is 0 Å². The van der Waals surface area contributed by atoms with E-state index in [-0.39, 0.29) is 11.5 Å². The summed E-state index contributed by atoms with van der Waals surface area (Å²) < 4.78 is 10.7. The Balaban J connectivity index is 2.68. The van der Waals surface area contributed by atoms with Gasteiger partial charge in [0.25, 0.3) is 0 Å². The van der Waals surface area contributed by atoms with E-state index in [0.717, 1.165) is 19.6 Å². The van der Waals surface area contributed by atoms with E-state index in [2.05, 4.69) is 29.1 Å². The van der Waals surface area contributed by atoms with E-state index in [0.29, 0.717) is 17.4 Å². The average molecular weight is 282 g/mol. The predicted octanol–water partition coefficient (Wildman–Crippen LogP) is 2.32. The maximum Gasteiger partial charge on any atom is 0.242 e. The lowest BCUT2D eigenvalue weighted by atomic mass is 9.90. The van der Waals surface area contributed by atoms with Crippen LogP contribution in [0.5, 0.6) is 5.88 Å². The molecule has 1 aromatic heterocycles. The first kappa shape index (κ1) is 16.5. The number of methoxy groups -OCH3 is 1. The fourth-order valence-electron chi connectivity index (χ4n) is 1.63. The molecule has 114 valence electrons. The van der Waals surface area contributed by atoms with Crippen molar-refractivity contribution >= 4 is 11.5 Å². The van der Waals surface area contributed by atoms with Crippen molar-refractivity contribution in [2.24, 2.45) is 5.41 Å². The molecule has 0 spiro atoms. The number of nitrogens with one attached hydrogen (secondary N) is 1. The smallest absolute Gasteiger partial charge is 0.242 e. The van der Waals surface area contributed by atoms with Gasteiger partial charge in [-0.1, -0.05) is 13.8 Å². The first-order valence-corrected chi connectivity index (χ1v) is 6.85. The number of nitrogen functional groups attached to an aromatic ring is 1. The number of aromatic nitrogens is 2. The lowest BCUT2D eigenvalue weighted by molar-refractivity contribution is 0.157. The van der Waals surface area contributed by atoms with Crippen molar-refractivity contribution in [3.8, 4) is 5.88 Å². The van der Waals surface area contributed by atoms with Crippen LogP contribution in [-0.4, -0.2) is 36.3 Å².